The highest BCUT2D eigenvalue weighted by Crippen LogP contribution is 2.24. The first-order valence-corrected chi connectivity index (χ1v) is 4.35. The normalized spacial score (nSPS) is 28.6. The van der Waals surface area contributed by atoms with Crippen molar-refractivity contribution in [2.24, 2.45) is 0 Å². The van der Waals surface area contributed by atoms with E-state index in [1.165, 1.54) is 0 Å². The maximum Gasteiger partial charge on any atom is 0.490 e. The molecule has 0 aromatic carbocycles. The molecule has 0 heterocycles. The van der Waals surface area contributed by atoms with Crippen LogP contribution in [0.1, 0.15) is 25.7 Å². The van der Waals surface area contributed by atoms with E-state index in [0.717, 1.165) is 0 Å². The molecule has 0 aromatic rings. The van der Waals surface area contributed by atoms with Gasteiger partial charge in [-0.1, -0.05) is 0 Å². The predicted molar refractivity (Wildman–Crippen MR) is 40.4 cm³/mol. The van der Waals surface area contributed by atoms with Crippen LogP contribution in [0.25, 0.3) is 0 Å². The van der Waals surface area contributed by atoms with Gasteiger partial charge in [0.1, 0.15) is 6.10 Å². The molecule has 1 saturated carbocycles. The number of alkyl halides is 3. The molecular weight excluding hydrogens is 201 g/mol. The lowest BCUT2D eigenvalue weighted by Crippen LogP contribution is -2.33. The van der Waals surface area contributed by atoms with Gasteiger partial charge in [-0.15, -0.1) is 0 Å². The van der Waals surface area contributed by atoms with E-state index >= 15 is 0 Å². The van der Waals surface area contributed by atoms with Gasteiger partial charge in [-0.25, -0.2) is 4.79 Å². The third-order valence-electron chi connectivity index (χ3n) is 2.15. The standard InChI is InChI=1S/C8H11F3O3/c9-8(10,11)7(13)14-6-3-1-5(12)2-4-6/h5-6,12H,1-4H2. The summed E-state index contributed by atoms with van der Waals surface area (Å²) in [5.41, 5.74) is 0. The summed E-state index contributed by atoms with van der Waals surface area (Å²) in [5, 5.41) is 9.06. The summed E-state index contributed by atoms with van der Waals surface area (Å²) in [4.78, 5) is 10.4. The van der Waals surface area contributed by atoms with E-state index < -0.39 is 24.4 Å². The second kappa shape index (κ2) is 4.16. The fourth-order valence-corrected chi connectivity index (χ4v) is 1.38. The van der Waals surface area contributed by atoms with Gasteiger partial charge in [0.15, 0.2) is 0 Å². The molecule has 0 spiro atoms. The zero-order valence-electron chi connectivity index (χ0n) is 7.38. The lowest BCUT2D eigenvalue weighted by Gasteiger charge is -2.25. The van der Waals surface area contributed by atoms with Crippen molar-refractivity contribution in [3.8, 4) is 0 Å². The molecule has 0 amide bonds. The quantitative estimate of drug-likeness (QED) is 0.668. The van der Waals surface area contributed by atoms with Crippen LogP contribution in [0.4, 0.5) is 13.2 Å². The van der Waals surface area contributed by atoms with Crippen LogP contribution >= 0.6 is 0 Å². The third kappa shape index (κ3) is 3.17. The Kier molecular flexibility index (Phi) is 3.36. The summed E-state index contributed by atoms with van der Waals surface area (Å²) in [6.45, 7) is 0. The molecule has 0 atom stereocenters. The first-order valence-electron chi connectivity index (χ1n) is 4.35. The van der Waals surface area contributed by atoms with Crippen LogP contribution in [0, 0.1) is 0 Å². The smallest absolute Gasteiger partial charge is 0.456 e. The number of halogens is 3. The van der Waals surface area contributed by atoms with Crippen LogP contribution in [0.5, 0.6) is 0 Å². The molecule has 0 bridgehead atoms. The minimum Gasteiger partial charge on any atom is -0.456 e. The molecule has 1 aliphatic rings. The minimum absolute atomic E-state index is 0.295. The summed E-state index contributed by atoms with van der Waals surface area (Å²) < 4.78 is 39.5. The third-order valence-corrected chi connectivity index (χ3v) is 2.15. The second-order valence-corrected chi connectivity index (χ2v) is 3.33. The average molecular weight is 212 g/mol. The number of aliphatic hydroxyl groups excluding tert-OH is 1. The first-order chi connectivity index (χ1) is 6.39. The maximum atomic E-state index is 11.8. The van der Waals surface area contributed by atoms with Gasteiger partial charge in [0.2, 0.25) is 0 Å². The molecular formula is C8H11F3O3. The molecule has 6 heteroatoms. The molecule has 0 aromatic heterocycles. The van der Waals surface area contributed by atoms with E-state index in [-0.39, 0.29) is 0 Å². The van der Waals surface area contributed by atoms with Crippen molar-refractivity contribution in [1.29, 1.82) is 0 Å². The number of esters is 1. The number of hydrogen-bond donors (Lipinski definition) is 1. The van der Waals surface area contributed by atoms with Gasteiger partial charge in [0.05, 0.1) is 6.10 Å². The van der Waals surface area contributed by atoms with Crippen molar-refractivity contribution in [2.45, 2.75) is 44.1 Å². The Balaban J connectivity index is 2.35. The van der Waals surface area contributed by atoms with Crippen LogP contribution in [0.15, 0.2) is 0 Å². The van der Waals surface area contributed by atoms with E-state index in [1.807, 2.05) is 0 Å². The monoisotopic (exact) mass is 212 g/mol. The number of ether oxygens (including phenoxy) is 1. The predicted octanol–water partition coefficient (Wildman–Crippen LogP) is 1.40. The van der Waals surface area contributed by atoms with Gasteiger partial charge < -0.3 is 9.84 Å². The molecule has 1 N–H and O–H groups in total. The topological polar surface area (TPSA) is 46.5 Å². The highest BCUT2D eigenvalue weighted by molar-refractivity contribution is 5.75. The number of rotatable bonds is 1. The molecule has 0 saturated heterocycles. The Morgan fingerprint density at radius 3 is 2.14 bits per heavy atom. The van der Waals surface area contributed by atoms with E-state index in [0.29, 0.717) is 25.7 Å². The van der Waals surface area contributed by atoms with Gasteiger partial charge >= 0.3 is 12.1 Å². The second-order valence-electron chi connectivity index (χ2n) is 3.33. The Morgan fingerprint density at radius 1 is 1.21 bits per heavy atom. The summed E-state index contributed by atoms with van der Waals surface area (Å²) in [5.74, 6) is -2.14. The van der Waals surface area contributed by atoms with Gasteiger partial charge in [0, 0.05) is 0 Å². The minimum atomic E-state index is -4.92. The maximum absolute atomic E-state index is 11.8. The summed E-state index contributed by atoms with van der Waals surface area (Å²) in [6, 6.07) is 0. The SMILES string of the molecule is O=C(OC1CCC(O)CC1)C(F)(F)F. The van der Waals surface area contributed by atoms with E-state index in [4.69, 9.17) is 5.11 Å². The Labute approximate surface area is 78.9 Å². The highest BCUT2D eigenvalue weighted by atomic mass is 19.4. The zero-order chi connectivity index (χ0) is 10.8. The van der Waals surface area contributed by atoms with Crippen LogP contribution in [0.3, 0.4) is 0 Å². The van der Waals surface area contributed by atoms with Gasteiger partial charge in [-0.2, -0.15) is 13.2 Å². The van der Waals surface area contributed by atoms with Gasteiger partial charge in [0.25, 0.3) is 0 Å². The van der Waals surface area contributed by atoms with Crippen LogP contribution < -0.4 is 0 Å². The molecule has 1 aliphatic carbocycles. The molecule has 14 heavy (non-hydrogen) atoms. The summed E-state index contributed by atoms with van der Waals surface area (Å²) >= 11 is 0. The molecule has 82 valence electrons. The highest BCUT2D eigenvalue weighted by Gasteiger charge is 2.42. The van der Waals surface area contributed by atoms with Gasteiger partial charge in [-0.3, -0.25) is 0 Å². The first kappa shape index (κ1) is 11.3. The number of carbonyl (C=O) groups is 1. The van der Waals surface area contributed by atoms with Crippen LogP contribution in [0.2, 0.25) is 0 Å². The molecule has 0 unspecified atom stereocenters. The van der Waals surface area contributed by atoms with Crippen LogP contribution in [-0.2, 0) is 9.53 Å². The molecule has 0 aliphatic heterocycles. The van der Waals surface area contributed by atoms with E-state index in [9.17, 15) is 18.0 Å². The van der Waals surface area contributed by atoms with Gasteiger partial charge in [-0.05, 0) is 25.7 Å². The summed E-state index contributed by atoms with van der Waals surface area (Å²) in [6.07, 6.45) is -4.74. The molecule has 1 fully saturated rings. The number of aliphatic hydroxyl groups is 1. The average Bonchev–Trinajstić information content (AvgIpc) is 2.07. The molecule has 3 nitrogen and oxygen atoms in total. The summed E-state index contributed by atoms with van der Waals surface area (Å²) in [7, 11) is 0. The van der Waals surface area contributed by atoms with Crippen molar-refractivity contribution < 1.29 is 27.8 Å². The van der Waals surface area contributed by atoms with Crippen molar-refractivity contribution in [3.05, 3.63) is 0 Å². The lowest BCUT2D eigenvalue weighted by molar-refractivity contribution is -0.206. The van der Waals surface area contributed by atoms with Crippen molar-refractivity contribution >= 4 is 5.97 Å². The number of carbonyl (C=O) groups excluding carboxylic acids is 1. The van der Waals surface area contributed by atoms with Crippen molar-refractivity contribution in [1.82, 2.24) is 0 Å². The van der Waals surface area contributed by atoms with Crippen LogP contribution in [-0.4, -0.2) is 29.5 Å². The van der Waals surface area contributed by atoms with Crippen molar-refractivity contribution in [2.75, 3.05) is 0 Å². The zero-order valence-corrected chi connectivity index (χ0v) is 7.38. The van der Waals surface area contributed by atoms with Crippen molar-refractivity contribution in [3.63, 3.8) is 0 Å². The molecule has 1 rings (SSSR count). The van der Waals surface area contributed by atoms with E-state index in [2.05, 4.69) is 4.74 Å². The molecule has 0 radical (unpaired) electrons. The number of hydrogen-bond acceptors (Lipinski definition) is 3. The van der Waals surface area contributed by atoms with E-state index in [1.54, 1.807) is 0 Å². The fraction of sp³-hybridized carbons (Fsp3) is 0.875. The lowest BCUT2D eigenvalue weighted by atomic mass is 9.95. The largest absolute Gasteiger partial charge is 0.490 e. The fourth-order valence-electron chi connectivity index (χ4n) is 1.38. The Hall–Kier alpha value is -0.780. The Bertz CT molecular complexity index is 206. The Morgan fingerprint density at radius 2 is 1.71 bits per heavy atom.